The molecule has 0 aliphatic carbocycles. The average molecular weight is 310 g/mol. The third kappa shape index (κ3) is 4.94. The Labute approximate surface area is 129 Å². The number of thioether (sulfide) groups is 1. The van der Waals surface area contributed by atoms with Crippen molar-refractivity contribution in [2.75, 3.05) is 23.9 Å². The first-order chi connectivity index (χ1) is 9.92. The predicted octanol–water partition coefficient (Wildman–Crippen LogP) is 4.81. The van der Waals surface area contributed by atoms with Gasteiger partial charge in [-0.1, -0.05) is 25.7 Å². The maximum Gasteiger partial charge on any atom is 0.138 e. The monoisotopic (exact) mass is 309 g/mol. The smallest absolute Gasteiger partial charge is 0.138 e. The average Bonchev–Trinajstić information content (AvgIpc) is 2.95. The molecule has 3 nitrogen and oxygen atoms in total. The molecule has 0 radical (unpaired) electrons. The van der Waals surface area contributed by atoms with E-state index in [0.29, 0.717) is 0 Å². The zero-order chi connectivity index (χ0) is 14.0. The Hall–Kier alpha value is -0.810. The van der Waals surface area contributed by atoms with Crippen LogP contribution >= 0.6 is 23.1 Å². The standard InChI is InChI=1S/C15H23N3S2/c1-19-10-7-5-3-2-4-6-9-16-14-13-8-11-20-15(13)18-12-17-14/h8,11-12H,2-7,9-10H2,1H3,(H,16,17,18). The molecule has 0 bridgehead atoms. The van der Waals surface area contributed by atoms with Crippen LogP contribution in [-0.4, -0.2) is 28.5 Å². The number of rotatable bonds is 10. The molecule has 5 heteroatoms. The van der Waals surface area contributed by atoms with Gasteiger partial charge in [0.05, 0.1) is 5.39 Å². The maximum atomic E-state index is 4.33. The lowest BCUT2D eigenvalue weighted by Crippen LogP contribution is -2.03. The molecule has 0 atom stereocenters. The van der Waals surface area contributed by atoms with Crippen LogP contribution < -0.4 is 5.32 Å². The number of anilines is 1. The van der Waals surface area contributed by atoms with Gasteiger partial charge in [0.2, 0.25) is 0 Å². The number of nitrogens with one attached hydrogen (secondary N) is 1. The van der Waals surface area contributed by atoms with Crippen LogP contribution in [0.4, 0.5) is 5.82 Å². The lowest BCUT2D eigenvalue weighted by atomic mass is 10.1. The molecule has 110 valence electrons. The van der Waals surface area contributed by atoms with Crippen LogP contribution in [0.15, 0.2) is 17.8 Å². The molecule has 0 spiro atoms. The fourth-order valence-electron chi connectivity index (χ4n) is 2.22. The molecule has 0 amide bonds. The molecule has 0 aromatic carbocycles. The third-order valence-electron chi connectivity index (χ3n) is 3.33. The van der Waals surface area contributed by atoms with Gasteiger partial charge in [-0.05, 0) is 36.3 Å². The van der Waals surface area contributed by atoms with E-state index in [4.69, 9.17) is 0 Å². The molecule has 20 heavy (non-hydrogen) atoms. The van der Waals surface area contributed by atoms with E-state index in [0.717, 1.165) is 22.6 Å². The van der Waals surface area contributed by atoms with Crippen LogP contribution in [0.2, 0.25) is 0 Å². The molecule has 0 fully saturated rings. The van der Waals surface area contributed by atoms with Crippen molar-refractivity contribution in [1.82, 2.24) is 9.97 Å². The second-order valence-electron chi connectivity index (χ2n) is 4.90. The number of thiophene rings is 1. The fraction of sp³-hybridized carbons (Fsp3) is 0.600. The molecule has 0 aliphatic rings. The number of hydrogen-bond donors (Lipinski definition) is 1. The molecule has 2 rings (SSSR count). The minimum atomic E-state index is 0.983. The van der Waals surface area contributed by atoms with Gasteiger partial charge in [-0.15, -0.1) is 11.3 Å². The van der Waals surface area contributed by atoms with E-state index in [1.807, 2.05) is 11.8 Å². The molecular formula is C15H23N3S2. The Morgan fingerprint density at radius 2 is 1.90 bits per heavy atom. The number of hydrogen-bond acceptors (Lipinski definition) is 5. The molecule has 2 aromatic rings. The second-order valence-corrected chi connectivity index (χ2v) is 6.78. The van der Waals surface area contributed by atoms with Crippen LogP contribution in [0.5, 0.6) is 0 Å². The number of unbranched alkanes of at least 4 members (excludes halogenated alkanes) is 5. The Morgan fingerprint density at radius 1 is 1.10 bits per heavy atom. The summed E-state index contributed by atoms with van der Waals surface area (Å²) >= 11 is 3.62. The van der Waals surface area contributed by atoms with E-state index in [1.165, 1.54) is 44.3 Å². The Bertz CT molecular complexity index is 499. The van der Waals surface area contributed by atoms with Crippen molar-refractivity contribution in [1.29, 1.82) is 0 Å². The maximum absolute atomic E-state index is 4.33. The van der Waals surface area contributed by atoms with Gasteiger partial charge in [0.15, 0.2) is 0 Å². The molecule has 0 unspecified atom stereocenters. The van der Waals surface area contributed by atoms with Gasteiger partial charge in [0.1, 0.15) is 17.0 Å². The van der Waals surface area contributed by atoms with Gasteiger partial charge in [0, 0.05) is 6.54 Å². The van der Waals surface area contributed by atoms with Crippen LogP contribution in [0.25, 0.3) is 10.2 Å². The van der Waals surface area contributed by atoms with Crippen LogP contribution in [0.3, 0.4) is 0 Å². The minimum absolute atomic E-state index is 0.983. The summed E-state index contributed by atoms with van der Waals surface area (Å²) in [4.78, 5) is 9.66. The predicted molar refractivity (Wildman–Crippen MR) is 92.0 cm³/mol. The molecule has 0 saturated carbocycles. The molecule has 1 N–H and O–H groups in total. The van der Waals surface area contributed by atoms with Crippen LogP contribution in [0.1, 0.15) is 38.5 Å². The summed E-state index contributed by atoms with van der Waals surface area (Å²) in [5.41, 5.74) is 0. The lowest BCUT2D eigenvalue weighted by Gasteiger charge is -2.06. The van der Waals surface area contributed by atoms with Gasteiger partial charge in [0.25, 0.3) is 0 Å². The summed E-state index contributed by atoms with van der Waals surface area (Å²) in [7, 11) is 0. The highest BCUT2D eigenvalue weighted by Crippen LogP contribution is 2.23. The largest absolute Gasteiger partial charge is 0.369 e. The van der Waals surface area contributed by atoms with Gasteiger partial charge >= 0.3 is 0 Å². The third-order valence-corrected chi connectivity index (χ3v) is 4.85. The van der Waals surface area contributed by atoms with Crippen molar-refractivity contribution in [3.8, 4) is 0 Å². The van der Waals surface area contributed by atoms with Crippen molar-refractivity contribution < 1.29 is 0 Å². The summed E-state index contributed by atoms with van der Waals surface area (Å²) in [6.45, 7) is 1.01. The van der Waals surface area contributed by atoms with Crippen molar-refractivity contribution in [2.24, 2.45) is 0 Å². The SMILES string of the molecule is CSCCCCCCCCNc1ncnc2sccc12. The van der Waals surface area contributed by atoms with Crippen molar-refractivity contribution >= 4 is 39.1 Å². The zero-order valence-corrected chi connectivity index (χ0v) is 13.7. The van der Waals surface area contributed by atoms with Gasteiger partial charge in [-0.25, -0.2) is 9.97 Å². The first-order valence-corrected chi connectivity index (χ1v) is 9.60. The van der Waals surface area contributed by atoms with Gasteiger partial charge < -0.3 is 5.32 Å². The van der Waals surface area contributed by atoms with E-state index >= 15 is 0 Å². The first kappa shape index (κ1) is 15.6. The summed E-state index contributed by atoms with van der Waals surface area (Å²) < 4.78 is 0. The van der Waals surface area contributed by atoms with Crippen LogP contribution in [-0.2, 0) is 0 Å². The van der Waals surface area contributed by atoms with E-state index in [2.05, 4.69) is 33.0 Å². The van der Waals surface area contributed by atoms with Crippen molar-refractivity contribution in [2.45, 2.75) is 38.5 Å². The Kier molecular flexibility index (Phi) is 7.15. The number of nitrogens with zero attached hydrogens (tertiary/aromatic N) is 2. The Balaban J connectivity index is 1.58. The molecule has 0 aliphatic heterocycles. The topological polar surface area (TPSA) is 37.8 Å². The Morgan fingerprint density at radius 3 is 2.75 bits per heavy atom. The number of aromatic nitrogens is 2. The lowest BCUT2D eigenvalue weighted by molar-refractivity contribution is 0.619. The fourth-order valence-corrected chi connectivity index (χ4v) is 3.44. The minimum Gasteiger partial charge on any atom is -0.369 e. The highest BCUT2D eigenvalue weighted by atomic mass is 32.2. The summed E-state index contributed by atoms with van der Waals surface area (Å²) in [6, 6.07) is 2.09. The summed E-state index contributed by atoms with van der Waals surface area (Å²) in [6.07, 6.45) is 11.8. The molecule has 2 heterocycles. The summed E-state index contributed by atoms with van der Waals surface area (Å²) in [5, 5.41) is 6.65. The summed E-state index contributed by atoms with van der Waals surface area (Å²) in [5.74, 6) is 2.29. The van der Waals surface area contributed by atoms with E-state index in [-0.39, 0.29) is 0 Å². The van der Waals surface area contributed by atoms with E-state index in [9.17, 15) is 0 Å². The van der Waals surface area contributed by atoms with Gasteiger partial charge in [-0.3, -0.25) is 0 Å². The normalized spacial score (nSPS) is 11.1. The molecule has 2 aromatic heterocycles. The van der Waals surface area contributed by atoms with E-state index < -0.39 is 0 Å². The van der Waals surface area contributed by atoms with Gasteiger partial charge in [-0.2, -0.15) is 11.8 Å². The van der Waals surface area contributed by atoms with Crippen molar-refractivity contribution in [3.63, 3.8) is 0 Å². The van der Waals surface area contributed by atoms with Crippen molar-refractivity contribution in [3.05, 3.63) is 17.8 Å². The zero-order valence-electron chi connectivity index (χ0n) is 12.1. The van der Waals surface area contributed by atoms with Crippen LogP contribution in [0, 0.1) is 0 Å². The highest BCUT2D eigenvalue weighted by Gasteiger charge is 2.03. The number of fused-ring (bicyclic) bond motifs is 1. The highest BCUT2D eigenvalue weighted by molar-refractivity contribution is 7.98. The quantitative estimate of drug-likeness (QED) is 0.639. The second kappa shape index (κ2) is 9.19. The molecular weight excluding hydrogens is 286 g/mol. The first-order valence-electron chi connectivity index (χ1n) is 7.33. The molecule has 0 saturated heterocycles. The van der Waals surface area contributed by atoms with E-state index in [1.54, 1.807) is 17.7 Å².